The molecule has 0 saturated carbocycles. The number of ether oxygens (including phenoxy) is 1. The van der Waals surface area contributed by atoms with Gasteiger partial charge in [0.25, 0.3) is 17.9 Å². The predicted octanol–water partition coefficient (Wildman–Crippen LogP) is 1.47. The van der Waals surface area contributed by atoms with Crippen LogP contribution in [0.1, 0.15) is 34.6 Å². The number of hydrogen-bond donors (Lipinski definition) is 2. The third kappa shape index (κ3) is 15.1. The van der Waals surface area contributed by atoms with Crippen molar-refractivity contribution in [2.75, 3.05) is 6.61 Å². The number of hydrogen-bond acceptors (Lipinski definition) is 4. The van der Waals surface area contributed by atoms with Crippen molar-refractivity contribution in [2.45, 2.75) is 45.7 Å². The minimum atomic E-state index is -0.915. The minimum absolute atomic E-state index is 0. The fraction of sp³-hybridized carbons (Fsp3) is 0.667. The first-order valence-electron chi connectivity index (χ1n) is 5.46. The molecule has 1 aliphatic rings. The zero-order valence-electron chi connectivity index (χ0n) is 12.2. The second-order valence-corrected chi connectivity index (χ2v) is 4.81. The van der Waals surface area contributed by atoms with Gasteiger partial charge < -0.3 is 27.2 Å². The van der Waals surface area contributed by atoms with Gasteiger partial charge in [0.1, 0.15) is 0 Å². The molecule has 7 nitrogen and oxygen atoms in total. The quantitative estimate of drug-likeness (QED) is 0.373. The molecule has 1 heterocycles. The molecule has 0 amide bonds. The number of carbonyl (C=O) groups excluding carboxylic acids is 1. The van der Waals surface area contributed by atoms with Crippen molar-refractivity contribution in [3.8, 4) is 0 Å². The molecule has 1 saturated heterocycles. The van der Waals surface area contributed by atoms with Crippen molar-refractivity contribution < 1.29 is 49.8 Å². The SMILES string of the molecule is CC(=O)O.CC(=O)O.[CH2-]C1(C)[N-]C(C)(C)COC1=O.[Pd+2]. The molecule has 20 heavy (non-hydrogen) atoms. The summed E-state index contributed by atoms with van der Waals surface area (Å²) in [7, 11) is 0. The summed E-state index contributed by atoms with van der Waals surface area (Å²) in [6, 6.07) is 0. The van der Waals surface area contributed by atoms with Crippen molar-refractivity contribution in [1.29, 1.82) is 0 Å². The van der Waals surface area contributed by atoms with E-state index in [0.717, 1.165) is 13.8 Å². The minimum Gasteiger partial charge on any atom is -0.667 e. The molecule has 1 atom stereocenters. The molecule has 0 radical (unpaired) electrons. The molecule has 1 rings (SSSR count). The molecule has 1 unspecified atom stereocenters. The number of carboxylic acid groups (broad SMARTS) is 2. The van der Waals surface area contributed by atoms with Crippen LogP contribution in [0.2, 0.25) is 0 Å². The van der Waals surface area contributed by atoms with Gasteiger partial charge in [-0.2, -0.15) is 5.54 Å². The van der Waals surface area contributed by atoms with Gasteiger partial charge in [-0.1, -0.05) is 26.3 Å². The topological polar surface area (TPSA) is 115 Å². The van der Waals surface area contributed by atoms with Crippen molar-refractivity contribution in [2.24, 2.45) is 0 Å². The van der Waals surface area contributed by atoms with E-state index >= 15 is 0 Å². The number of aliphatic carboxylic acids is 2. The van der Waals surface area contributed by atoms with E-state index in [-0.39, 0.29) is 31.9 Å². The van der Waals surface area contributed by atoms with Gasteiger partial charge in [0, 0.05) is 13.8 Å². The Balaban J connectivity index is -0.000000272. The van der Waals surface area contributed by atoms with E-state index in [1.807, 2.05) is 13.8 Å². The van der Waals surface area contributed by atoms with E-state index < -0.39 is 17.5 Å². The van der Waals surface area contributed by atoms with Crippen LogP contribution in [0.4, 0.5) is 0 Å². The summed E-state index contributed by atoms with van der Waals surface area (Å²) in [5.74, 6) is -2.00. The molecule has 1 fully saturated rings. The van der Waals surface area contributed by atoms with E-state index in [1.165, 1.54) is 0 Å². The molecule has 0 aliphatic carbocycles. The second kappa shape index (κ2) is 9.86. The monoisotopic (exact) mass is 381 g/mol. The van der Waals surface area contributed by atoms with Crippen molar-refractivity contribution >= 4 is 17.9 Å². The smallest absolute Gasteiger partial charge is 0.667 e. The fourth-order valence-electron chi connectivity index (χ4n) is 1.14. The Morgan fingerprint density at radius 2 is 1.50 bits per heavy atom. The van der Waals surface area contributed by atoms with Crippen LogP contribution in [0.25, 0.3) is 5.32 Å². The van der Waals surface area contributed by atoms with Crippen LogP contribution in [0.15, 0.2) is 0 Å². The van der Waals surface area contributed by atoms with Gasteiger partial charge in [-0.3, -0.25) is 14.4 Å². The molecule has 120 valence electrons. The standard InChI is InChI=1S/C8H13NO2.2C2H4O2.Pd/c1-7(2)5-11-6(10)8(3,4)9-7;2*1-2(3)4;/h3,5H2,1-2,4H3;2*1H3,(H,3,4);/q-2;;;+2. The van der Waals surface area contributed by atoms with Crippen LogP contribution in [-0.4, -0.2) is 45.8 Å². The molecule has 8 heteroatoms. The zero-order valence-corrected chi connectivity index (χ0v) is 13.8. The first-order chi connectivity index (χ1) is 8.30. The molecular weight excluding hydrogens is 361 g/mol. The third-order valence-electron chi connectivity index (χ3n) is 1.55. The number of carboxylic acids is 2. The van der Waals surface area contributed by atoms with E-state index in [2.05, 4.69) is 12.2 Å². The molecule has 0 aromatic carbocycles. The first kappa shape index (κ1) is 24.1. The van der Waals surface area contributed by atoms with Crippen LogP contribution in [0.3, 0.4) is 0 Å². The van der Waals surface area contributed by atoms with Crippen LogP contribution < -0.4 is 0 Å². The maximum atomic E-state index is 11.0. The van der Waals surface area contributed by atoms with E-state index in [4.69, 9.17) is 24.5 Å². The predicted molar refractivity (Wildman–Crippen MR) is 68.8 cm³/mol. The summed E-state index contributed by atoms with van der Waals surface area (Å²) in [5, 5.41) is 19.1. The Labute approximate surface area is 132 Å². The first-order valence-corrected chi connectivity index (χ1v) is 5.46. The van der Waals surface area contributed by atoms with Gasteiger partial charge in [0.15, 0.2) is 0 Å². The third-order valence-corrected chi connectivity index (χ3v) is 1.55. The Bertz CT molecular complexity index is 321. The zero-order chi connectivity index (χ0) is 15.9. The summed E-state index contributed by atoms with van der Waals surface area (Å²) in [4.78, 5) is 29.0. The average molecular weight is 382 g/mol. The number of carbonyl (C=O) groups is 3. The Morgan fingerprint density at radius 3 is 1.70 bits per heavy atom. The summed E-state index contributed by atoms with van der Waals surface area (Å²) >= 11 is 0. The molecule has 0 aromatic rings. The summed E-state index contributed by atoms with van der Waals surface area (Å²) in [5.41, 5.74) is -1.20. The van der Waals surface area contributed by atoms with E-state index in [1.54, 1.807) is 6.92 Å². The van der Waals surface area contributed by atoms with Gasteiger partial charge in [-0.25, -0.2) is 0 Å². The van der Waals surface area contributed by atoms with Crippen molar-refractivity contribution in [1.82, 2.24) is 0 Å². The summed E-state index contributed by atoms with van der Waals surface area (Å²) in [6.45, 7) is 11.7. The van der Waals surface area contributed by atoms with Gasteiger partial charge >= 0.3 is 20.4 Å². The molecule has 0 aromatic heterocycles. The summed E-state index contributed by atoms with van der Waals surface area (Å²) < 4.78 is 4.91. The van der Waals surface area contributed by atoms with Gasteiger partial charge in [-0.05, 0) is 0 Å². The molecule has 1 aliphatic heterocycles. The Kier molecular flexibility index (Phi) is 11.9. The number of rotatable bonds is 0. The van der Waals surface area contributed by atoms with Crippen LogP contribution >= 0.6 is 0 Å². The average Bonchev–Trinajstić information content (AvgIpc) is 2.08. The summed E-state index contributed by atoms with van der Waals surface area (Å²) in [6.07, 6.45) is 0. The Hall–Kier alpha value is -0.968. The molecular formula is C12H21NO6Pd. The van der Waals surface area contributed by atoms with Crippen molar-refractivity contribution in [3.05, 3.63) is 12.2 Å². The van der Waals surface area contributed by atoms with Crippen LogP contribution in [-0.2, 0) is 39.5 Å². The number of esters is 1. The molecule has 2 N–H and O–H groups in total. The normalized spacial score (nSPS) is 22.6. The fourth-order valence-corrected chi connectivity index (χ4v) is 1.14. The largest absolute Gasteiger partial charge is 2.00 e. The molecule has 0 bridgehead atoms. The van der Waals surface area contributed by atoms with Gasteiger partial charge in [0.2, 0.25) is 0 Å². The van der Waals surface area contributed by atoms with Crippen molar-refractivity contribution in [3.63, 3.8) is 0 Å². The van der Waals surface area contributed by atoms with E-state index in [9.17, 15) is 4.79 Å². The van der Waals surface area contributed by atoms with E-state index in [0.29, 0.717) is 6.61 Å². The second-order valence-electron chi connectivity index (χ2n) is 4.81. The number of nitrogens with zero attached hydrogens (tertiary/aromatic N) is 1. The molecule has 0 spiro atoms. The number of morpholine rings is 1. The number of cyclic esters (lactones) is 1. The maximum Gasteiger partial charge on any atom is 2.00 e. The van der Waals surface area contributed by atoms with Gasteiger partial charge in [0.05, 0.1) is 6.61 Å². The van der Waals surface area contributed by atoms with Gasteiger partial charge in [-0.15, -0.1) is 0 Å². The van der Waals surface area contributed by atoms with Crippen LogP contribution in [0, 0.1) is 6.92 Å². The van der Waals surface area contributed by atoms with Crippen LogP contribution in [0.5, 0.6) is 0 Å². The maximum absolute atomic E-state index is 11.0. The Morgan fingerprint density at radius 1 is 1.20 bits per heavy atom.